The molecule has 442 valence electrons. The lowest BCUT2D eigenvalue weighted by Crippen LogP contribution is -2.45. The molecule has 0 aromatic rings. The average Bonchev–Trinajstić information content (AvgIpc) is 3.41. The number of ether oxygens (including phenoxy) is 1. The molecule has 0 fully saturated rings. The second kappa shape index (κ2) is 64.6. The zero-order chi connectivity index (χ0) is 54.3. The Morgan fingerprint density at radius 1 is 0.373 bits per heavy atom. The van der Waals surface area contributed by atoms with Crippen molar-refractivity contribution in [1.82, 2.24) is 5.32 Å². The van der Waals surface area contributed by atoms with Gasteiger partial charge in [0.2, 0.25) is 5.91 Å². The van der Waals surface area contributed by atoms with E-state index in [2.05, 4.69) is 55.6 Å². The van der Waals surface area contributed by atoms with Crippen LogP contribution in [0, 0.1) is 0 Å². The summed E-state index contributed by atoms with van der Waals surface area (Å²) in [6.45, 7) is 4.91. The normalized spacial score (nSPS) is 12.7. The van der Waals surface area contributed by atoms with Gasteiger partial charge in [-0.1, -0.05) is 314 Å². The van der Waals surface area contributed by atoms with Gasteiger partial charge in [0.25, 0.3) is 0 Å². The summed E-state index contributed by atoms with van der Waals surface area (Å²) in [5.74, 6) is -0.0364. The van der Waals surface area contributed by atoms with Crippen molar-refractivity contribution in [3.63, 3.8) is 0 Å². The minimum absolute atomic E-state index is 0.00159. The van der Waals surface area contributed by atoms with E-state index >= 15 is 0 Å². The molecule has 0 radical (unpaired) electrons. The second-order valence-corrected chi connectivity index (χ2v) is 23.1. The molecule has 0 aliphatic heterocycles. The highest BCUT2D eigenvalue weighted by atomic mass is 16.5. The molecule has 6 heteroatoms. The van der Waals surface area contributed by atoms with Crippen molar-refractivity contribution in [3.05, 3.63) is 36.5 Å². The molecule has 3 N–H and O–H groups in total. The van der Waals surface area contributed by atoms with Gasteiger partial charge in [0.15, 0.2) is 0 Å². The SMILES string of the molecule is CCC/C=C\C/C=C\CCCCCCCC(=O)OCCCCCCCCCCCCCC/C=C\CCCCCCCCCCCC(=O)NC(CO)C(O)CCCCCCCCCCCCCCCCCCCCCC. The molecule has 0 aromatic carbocycles. The van der Waals surface area contributed by atoms with Crippen LogP contribution in [0.1, 0.15) is 367 Å². The highest BCUT2D eigenvalue weighted by molar-refractivity contribution is 5.76. The molecule has 0 aromatic heterocycles. The lowest BCUT2D eigenvalue weighted by Gasteiger charge is -2.22. The molecule has 0 saturated carbocycles. The molecular weight excluding hydrogens is 923 g/mol. The van der Waals surface area contributed by atoms with Crippen LogP contribution in [0.25, 0.3) is 0 Å². The number of aliphatic hydroxyl groups excluding tert-OH is 2. The van der Waals surface area contributed by atoms with Gasteiger partial charge in [-0.15, -0.1) is 0 Å². The van der Waals surface area contributed by atoms with Gasteiger partial charge in [-0.3, -0.25) is 9.59 Å². The Bertz CT molecular complexity index is 1210. The van der Waals surface area contributed by atoms with Crippen molar-refractivity contribution in [1.29, 1.82) is 0 Å². The molecule has 2 atom stereocenters. The highest BCUT2D eigenvalue weighted by Crippen LogP contribution is 2.18. The Morgan fingerprint density at radius 2 is 0.693 bits per heavy atom. The van der Waals surface area contributed by atoms with Gasteiger partial charge in [-0.2, -0.15) is 0 Å². The summed E-state index contributed by atoms with van der Waals surface area (Å²) in [5.41, 5.74) is 0. The first-order chi connectivity index (χ1) is 37.0. The molecule has 6 nitrogen and oxygen atoms in total. The van der Waals surface area contributed by atoms with Gasteiger partial charge in [0, 0.05) is 12.8 Å². The maximum Gasteiger partial charge on any atom is 0.305 e. The van der Waals surface area contributed by atoms with Crippen molar-refractivity contribution in [2.75, 3.05) is 13.2 Å². The molecule has 0 aliphatic rings. The number of nitrogens with one attached hydrogen (secondary N) is 1. The number of esters is 1. The van der Waals surface area contributed by atoms with Crippen molar-refractivity contribution >= 4 is 11.9 Å². The number of hydrogen-bond acceptors (Lipinski definition) is 5. The summed E-state index contributed by atoms with van der Waals surface area (Å²) in [5, 5.41) is 23.4. The fourth-order valence-electron chi connectivity index (χ4n) is 10.5. The van der Waals surface area contributed by atoms with Crippen LogP contribution in [0.3, 0.4) is 0 Å². The highest BCUT2D eigenvalue weighted by Gasteiger charge is 2.20. The Labute approximate surface area is 468 Å². The quantitative estimate of drug-likeness (QED) is 0.0320. The molecule has 2 unspecified atom stereocenters. The fraction of sp³-hybridized carbons (Fsp3) is 0.884. The van der Waals surface area contributed by atoms with E-state index in [0.29, 0.717) is 25.9 Å². The third-order valence-corrected chi connectivity index (χ3v) is 15.6. The number of rotatable bonds is 63. The summed E-state index contributed by atoms with van der Waals surface area (Å²) in [4.78, 5) is 24.6. The summed E-state index contributed by atoms with van der Waals surface area (Å²) >= 11 is 0. The Kier molecular flexibility index (Phi) is 63.0. The fourth-order valence-corrected chi connectivity index (χ4v) is 10.5. The van der Waals surface area contributed by atoms with Gasteiger partial charge in [-0.25, -0.2) is 0 Å². The first-order valence-corrected chi connectivity index (χ1v) is 33.7. The average molecular weight is 1050 g/mol. The van der Waals surface area contributed by atoms with Crippen LogP contribution in [0.15, 0.2) is 36.5 Å². The van der Waals surface area contributed by atoms with Crippen LogP contribution in [-0.4, -0.2) is 47.4 Å². The van der Waals surface area contributed by atoms with Crippen molar-refractivity contribution < 1.29 is 24.5 Å². The number of unbranched alkanes of at least 4 members (excludes halogenated alkanes) is 46. The lowest BCUT2D eigenvalue weighted by atomic mass is 10.0. The first-order valence-electron chi connectivity index (χ1n) is 33.7. The Hall–Kier alpha value is -1.92. The van der Waals surface area contributed by atoms with E-state index in [0.717, 1.165) is 51.4 Å². The van der Waals surface area contributed by atoms with E-state index in [4.69, 9.17) is 4.74 Å². The topological polar surface area (TPSA) is 95.9 Å². The summed E-state index contributed by atoms with van der Waals surface area (Å²) in [6, 6.07) is -0.545. The maximum atomic E-state index is 12.5. The third-order valence-electron chi connectivity index (χ3n) is 15.6. The van der Waals surface area contributed by atoms with E-state index in [1.165, 1.54) is 283 Å². The van der Waals surface area contributed by atoms with Crippen LogP contribution in [0.2, 0.25) is 0 Å². The largest absolute Gasteiger partial charge is 0.466 e. The molecule has 0 bridgehead atoms. The van der Waals surface area contributed by atoms with Gasteiger partial charge in [0.05, 0.1) is 25.4 Å². The number of carbonyl (C=O) groups is 2. The number of amides is 1. The standard InChI is InChI=1S/C69H131NO5/c1-3-5-7-9-11-13-15-17-18-19-20-28-31-34-38-41-45-49-53-57-61-67(72)66(65-71)70-68(73)62-58-54-50-46-42-39-35-32-29-26-24-22-21-23-25-27-30-33-36-40-44-48-52-56-60-64-75-69(74)63-59-55-51-47-43-37-16-14-12-10-8-6-4-2/h8,10,14,16,22,24,66-67,71-72H,3-7,9,11-13,15,17-21,23,25-65H2,1-2H3,(H,70,73)/b10-8-,16-14-,24-22-. The van der Waals surface area contributed by atoms with Gasteiger partial charge < -0.3 is 20.3 Å². The minimum atomic E-state index is -0.667. The monoisotopic (exact) mass is 1050 g/mol. The lowest BCUT2D eigenvalue weighted by molar-refractivity contribution is -0.143. The van der Waals surface area contributed by atoms with Gasteiger partial charge >= 0.3 is 5.97 Å². The van der Waals surface area contributed by atoms with E-state index in [-0.39, 0.29) is 18.5 Å². The summed E-state index contributed by atoms with van der Waals surface area (Å²) in [7, 11) is 0. The molecule has 0 saturated heterocycles. The maximum absolute atomic E-state index is 12.5. The number of carbonyl (C=O) groups excluding carboxylic acids is 2. The van der Waals surface area contributed by atoms with Gasteiger partial charge in [0.1, 0.15) is 0 Å². The van der Waals surface area contributed by atoms with E-state index in [1.54, 1.807) is 0 Å². The Balaban J connectivity index is 3.41. The molecule has 0 heterocycles. The number of allylic oxidation sites excluding steroid dienone is 6. The minimum Gasteiger partial charge on any atom is -0.466 e. The first kappa shape index (κ1) is 73.1. The molecule has 1 amide bonds. The smallest absolute Gasteiger partial charge is 0.305 e. The van der Waals surface area contributed by atoms with Crippen LogP contribution in [0.4, 0.5) is 0 Å². The van der Waals surface area contributed by atoms with Crippen molar-refractivity contribution in [3.8, 4) is 0 Å². The molecule has 0 aliphatic carbocycles. The van der Waals surface area contributed by atoms with Crippen molar-refractivity contribution in [2.24, 2.45) is 0 Å². The van der Waals surface area contributed by atoms with Crippen LogP contribution in [-0.2, 0) is 14.3 Å². The molecule has 0 spiro atoms. The molecule has 75 heavy (non-hydrogen) atoms. The van der Waals surface area contributed by atoms with Gasteiger partial charge in [-0.05, 0) is 77.0 Å². The third kappa shape index (κ3) is 61.2. The van der Waals surface area contributed by atoms with E-state index < -0.39 is 12.1 Å². The molecular formula is C69H131NO5. The van der Waals surface area contributed by atoms with Crippen LogP contribution < -0.4 is 5.32 Å². The predicted molar refractivity (Wildman–Crippen MR) is 329 cm³/mol. The van der Waals surface area contributed by atoms with Crippen LogP contribution >= 0.6 is 0 Å². The van der Waals surface area contributed by atoms with Crippen LogP contribution in [0.5, 0.6) is 0 Å². The van der Waals surface area contributed by atoms with Crippen molar-refractivity contribution in [2.45, 2.75) is 379 Å². The predicted octanol–water partition coefficient (Wildman–Crippen LogP) is 21.5. The zero-order valence-corrected chi connectivity index (χ0v) is 50.5. The Morgan fingerprint density at radius 3 is 1.08 bits per heavy atom. The summed E-state index contributed by atoms with van der Waals surface area (Å²) < 4.78 is 5.47. The number of hydrogen-bond donors (Lipinski definition) is 3. The molecule has 0 rings (SSSR count). The summed E-state index contributed by atoms with van der Waals surface area (Å²) in [6.07, 6.45) is 81.7. The zero-order valence-electron chi connectivity index (χ0n) is 50.5. The second-order valence-electron chi connectivity index (χ2n) is 23.1. The van der Waals surface area contributed by atoms with E-state index in [9.17, 15) is 19.8 Å². The number of aliphatic hydroxyl groups is 2. The van der Waals surface area contributed by atoms with E-state index in [1.807, 2.05) is 0 Å².